The first-order valence-electron chi connectivity index (χ1n) is 5.11. The van der Waals surface area contributed by atoms with E-state index in [1.165, 1.54) is 12.8 Å². The number of esters is 1. The zero-order chi connectivity index (χ0) is 11.3. The van der Waals surface area contributed by atoms with Crippen molar-refractivity contribution in [1.29, 1.82) is 0 Å². The van der Waals surface area contributed by atoms with Crippen LogP contribution >= 0.6 is 28.6 Å². The zero-order valence-electron chi connectivity index (χ0n) is 8.70. The van der Waals surface area contributed by atoms with Crippen molar-refractivity contribution < 1.29 is 9.53 Å². The molecule has 0 saturated heterocycles. The normalized spacial score (nSPS) is 20.3. The van der Waals surface area contributed by atoms with Gasteiger partial charge < -0.3 is 4.74 Å². The maximum Gasteiger partial charge on any atom is 0.340 e. The van der Waals surface area contributed by atoms with Crippen LogP contribution in [0.3, 0.4) is 0 Å². The van der Waals surface area contributed by atoms with Crippen LogP contribution in [0.2, 0.25) is 0 Å². The number of rotatable bonds is 5. The predicted molar refractivity (Wildman–Crippen MR) is 68.1 cm³/mol. The van der Waals surface area contributed by atoms with Crippen LogP contribution in [0.5, 0.6) is 0 Å². The highest BCUT2D eigenvalue weighted by atomic mass is 79.9. The summed E-state index contributed by atoms with van der Waals surface area (Å²) >= 11 is 7.56. The lowest BCUT2D eigenvalue weighted by Crippen LogP contribution is -2.10. The van der Waals surface area contributed by atoms with E-state index < -0.39 is 0 Å². The third kappa shape index (κ3) is 3.68. The van der Waals surface area contributed by atoms with Crippen LogP contribution in [-0.2, 0) is 9.53 Å². The third-order valence-corrected chi connectivity index (χ3v) is 3.28. The summed E-state index contributed by atoms with van der Waals surface area (Å²) in [6.07, 6.45) is 6.13. The van der Waals surface area contributed by atoms with Crippen molar-refractivity contribution in [2.24, 2.45) is 0 Å². The van der Waals surface area contributed by atoms with E-state index in [-0.39, 0.29) is 11.2 Å². The quantitative estimate of drug-likeness (QED) is 0.476. The number of halogens is 1. The van der Waals surface area contributed by atoms with Crippen molar-refractivity contribution in [2.75, 3.05) is 0 Å². The summed E-state index contributed by atoms with van der Waals surface area (Å²) in [7, 11) is 0. The van der Waals surface area contributed by atoms with Gasteiger partial charge in [0, 0.05) is 10.2 Å². The molecule has 0 aromatic heterocycles. The average Bonchev–Trinajstić information content (AvgIpc) is 2.60. The molecule has 0 bridgehead atoms. The molecule has 1 rings (SSSR count). The molecule has 4 heteroatoms. The van der Waals surface area contributed by atoms with Gasteiger partial charge >= 0.3 is 5.97 Å². The smallest absolute Gasteiger partial charge is 0.340 e. The highest BCUT2D eigenvalue weighted by Crippen LogP contribution is 2.26. The van der Waals surface area contributed by atoms with E-state index >= 15 is 0 Å². The molecule has 1 heterocycles. The van der Waals surface area contributed by atoms with Gasteiger partial charge in [-0.25, -0.2) is 4.79 Å². The van der Waals surface area contributed by atoms with Crippen LogP contribution in [0.4, 0.5) is 0 Å². The van der Waals surface area contributed by atoms with Gasteiger partial charge in [0.1, 0.15) is 5.76 Å². The Morgan fingerprint density at radius 3 is 2.87 bits per heavy atom. The molecule has 0 saturated carbocycles. The Morgan fingerprint density at radius 1 is 1.60 bits per heavy atom. The number of hydrogen-bond acceptors (Lipinski definition) is 3. The maximum atomic E-state index is 11.4. The van der Waals surface area contributed by atoms with Crippen LogP contribution in [0.15, 0.2) is 22.4 Å². The van der Waals surface area contributed by atoms with Crippen molar-refractivity contribution >= 4 is 34.5 Å². The molecular weight excluding hydrogens is 276 g/mol. The Kier molecular flexibility index (Phi) is 5.47. The van der Waals surface area contributed by atoms with Crippen LogP contribution in [0, 0.1) is 0 Å². The van der Waals surface area contributed by atoms with E-state index in [1.54, 1.807) is 11.1 Å². The summed E-state index contributed by atoms with van der Waals surface area (Å²) < 4.78 is 4.98. The fraction of sp³-hybridized carbons (Fsp3) is 0.545. The maximum absolute atomic E-state index is 11.4. The van der Waals surface area contributed by atoms with Crippen LogP contribution in [-0.4, -0.2) is 11.2 Å². The monoisotopic (exact) mass is 290 g/mol. The number of thiol groups is 1. The molecule has 0 amide bonds. The van der Waals surface area contributed by atoms with Crippen molar-refractivity contribution in [3.8, 4) is 0 Å². The van der Waals surface area contributed by atoms with Gasteiger partial charge in [-0.1, -0.05) is 42.1 Å². The lowest BCUT2D eigenvalue weighted by Gasteiger charge is -2.08. The summed E-state index contributed by atoms with van der Waals surface area (Å²) in [6, 6.07) is 0. The SMILES string of the molecule is CCCCCC(S)C1=C/C(=C\Br)OC1=O. The van der Waals surface area contributed by atoms with Gasteiger partial charge in [0.25, 0.3) is 0 Å². The summed E-state index contributed by atoms with van der Waals surface area (Å²) in [5.41, 5.74) is 0.667. The zero-order valence-corrected chi connectivity index (χ0v) is 11.2. The van der Waals surface area contributed by atoms with E-state index in [9.17, 15) is 4.79 Å². The molecule has 2 nitrogen and oxygen atoms in total. The summed E-state index contributed by atoms with van der Waals surface area (Å²) in [5.74, 6) is 0.293. The molecule has 0 radical (unpaired) electrons. The Balaban J connectivity index is 2.52. The molecule has 0 fully saturated rings. The fourth-order valence-electron chi connectivity index (χ4n) is 1.44. The van der Waals surface area contributed by atoms with E-state index in [0.29, 0.717) is 11.3 Å². The van der Waals surface area contributed by atoms with Gasteiger partial charge in [-0.3, -0.25) is 0 Å². The topological polar surface area (TPSA) is 26.3 Å². The van der Waals surface area contributed by atoms with E-state index in [1.807, 2.05) is 0 Å². The molecular formula is C11H15BrO2S. The first-order valence-corrected chi connectivity index (χ1v) is 6.54. The predicted octanol–water partition coefficient (Wildman–Crippen LogP) is 3.58. The summed E-state index contributed by atoms with van der Waals surface area (Å²) in [6.45, 7) is 2.16. The van der Waals surface area contributed by atoms with Gasteiger partial charge in [0.2, 0.25) is 0 Å². The van der Waals surface area contributed by atoms with Gasteiger partial charge in [-0.15, -0.1) is 0 Å². The molecule has 1 aliphatic heterocycles. The Labute approximate surface area is 104 Å². The minimum absolute atomic E-state index is 0.00556. The minimum atomic E-state index is -0.266. The van der Waals surface area contributed by atoms with Crippen LogP contribution in [0.1, 0.15) is 32.6 Å². The molecule has 0 aliphatic carbocycles. The molecule has 1 atom stereocenters. The lowest BCUT2D eigenvalue weighted by molar-refractivity contribution is -0.133. The first kappa shape index (κ1) is 12.8. The molecule has 1 aliphatic rings. The molecule has 0 spiro atoms. The minimum Gasteiger partial charge on any atom is -0.423 e. The van der Waals surface area contributed by atoms with Gasteiger partial charge in [-0.2, -0.15) is 12.6 Å². The molecule has 0 aromatic carbocycles. The number of allylic oxidation sites excluding steroid dienone is 1. The van der Waals surface area contributed by atoms with E-state index in [0.717, 1.165) is 12.8 Å². The number of carbonyl (C=O) groups is 1. The van der Waals surface area contributed by atoms with Gasteiger partial charge in [-0.05, 0) is 12.5 Å². The molecule has 1 unspecified atom stereocenters. The number of cyclic esters (lactones) is 1. The van der Waals surface area contributed by atoms with Crippen molar-refractivity contribution in [1.82, 2.24) is 0 Å². The largest absolute Gasteiger partial charge is 0.423 e. The second kappa shape index (κ2) is 6.38. The van der Waals surface area contributed by atoms with Gasteiger partial charge in [0.15, 0.2) is 0 Å². The number of carbonyl (C=O) groups excluding carboxylic acids is 1. The number of hydrogen-bond donors (Lipinski definition) is 1. The standard InChI is InChI=1S/C11H15BrO2S/c1-2-3-4-5-10(15)9-6-8(7-12)14-11(9)13/h6-7,10,15H,2-5H2,1H3/b8-7+. The van der Waals surface area contributed by atoms with Crippen LogP contribution < -0.4 is 0 Å². The van der Waals surface area contributed by atoms with E-state index in [2.05, 4.69) is 35.5 Å². The van der Waals surface area contributed by atoms with E-state index in [4.69, 9.17) is 4.74 Å². The number of ether oxygens (including phenoxy) is 1. The number of unbranched alkanes of at least 4 members (excludes halogenated alkanes) is 2. The highest BCUT2D eigenvalue weighted by molar-refractivity contribution is 9.11. The summed E-state index contributed by atoms with van der Waals surface area (Å²) in [4.78, 5) is 13.0. The molecule has 0 N–H and O–H groups in total. The molecule has 15 heavy (non-hydrogen) atoms. The fourth-order valence-corrected chi connectivity index (χ4v) is 2.02. The summed E-state index contributed by atoms with van der Waals surface area (Å²) in [5, 5.41) is -0.00556. The Morgan fingerprint density at radius 2 is 2.33 bits per heavy atom. The first-order chi connectivity index (χ1) is 7.19. The van der Waals surface area contributed by atoms with Crippen molar-refractivity contribution in [2.45, 2.75) is 37.9 Å². The highest BCUT2D eigenvalue weighted by Gasteiger charge is 2.25. The van der Waals surface area contributed by atoms with Crippen molar-refractivity contribution in [3.05, 3.63) is 22.4 Å². The van der Waals surface area contributed by atoms with Crippen molar-refractivity contribution in [3.63, 3.8) is 0 Å². The Bertz CT molecular complexity index is 297. The average molecular weight is 291 g/mol. The molecule has 0 aromatic rings. The van der Waals surface area contributed by atoms with Gasteiger partial charge in [0.05, 0.1) is 5.57 Å². The second-order valence-corrected chi connectivity index (χ2v) is 4.59. The Hall–Kier alpha value is -0.220. The molecule has 84 valence electrons. The third-order valence-electron chi connectivity index (χ3n) is 2.29. The van der Waals surface area contributed by atoms with Crippen LogP contribution in [0.25, 0.3) is 0 Å². The second-order valence-electron chi connectivity index (χ2n) is 3.51. The lowest BCUT2D eigenvalue weighted by atomic mass is 10.1.